The van der Waals surface area contributed by atoms with Crippen LogP contribution in [-0.2, 0) is 25.0 Å². The quantitative estimate of drug-likeness (QED) is 0.216. The number of phenolic OH excluding ortho intramolecular Hbond substituents is 2. The van der Waals surface area contributed by atoms with Crippen LogP contribution in [0.5, 0.6) is 11.5 Å². The molecule has 0 heterocycles. The van der Waals surface area contributed by atoms with Gasteiger partial charge in [0.05, 0.1) is 0 Å². The summed E-state index contributed by atoms with van der Waals surface area (Å²) in [5, 5.41) is 16.1. The van der Waals surface area contributed by atoms with Crippen LogP contribution < -0.4 is 0 Å². The second-order valence-electron chi connectivity index (χ2n) is 6.38. The number of ether oxygens (including phenoxy) is 1. The molecular formula is C18H24Na2O9S2. The molecule has 0 aliphatic rings. The fraction of sp³-hybridized carbons (Fsp3) is 0.333. The third-order valence-corrected chi connectivity index (χ3v) is 6.75. The molecule has 0 saturated carbocycles. The van der Waals surface area contributed by atoms with Crippen molar-refractivity contribution in [1.29, 1.82) is 0 Å². The molecule has 31 heavy (non-hydrogen) atoms. The van der Waals surface area contributed by atoms with Crippen LogP contribution in [0.15, 0.2) is 48.5 Å². The summed E-state index contributed by atoms with van der Waals surface area (Å²) in [5.41, 5.74) is 0.544. The van der Waals surface area contributed by atoms with Gasteiger partial charge in [-0.25, -0.2) is 0 Å². The van der Waals surface area contributed by atoms with Gasteiger partial charge in [0.15, 0.2) is 0 Å². The van der Waals surface area contributed by atoms with Crippen molar-refractivity contribution in [2.24, 2.45) is 0 Å². The molecule has 164 valence electrons. The summed E-state index contributed by atoms with van der Waals surface area (Å²) in [6.45, 7) is -0.196. The van der Waals surface area contributed by atoms with E-state index in [2.05, 4.69) is 0 Å². The van der Waals surface area contributed by atoms with E-state index in [0.29, 0.717) is 0 Å². The Bertz CT molecular complexity index is 926. The van der Waals surface area contributed by atoms with Gasteiger partial charge in [0.1, 0.15) is 22.0 Å². The topological polar surface area (TPSA) is 158 Å². The van der Waals surface area contributed by atoms with Crippen LogP contribution in [0.2, 0.25) is 0 Å². The number of benzene rings is 2. The normalized spacial score (nSPS) is 13.5. The molecule has 0 saturated heterocycles. The SMILES string of the molecule is O=S(=O)(O)C(CCOCCC(c1ccc(O)cc1)S(=O)(=O)O)c1ccc(O)cc1.[NaH].[NaH]. The molecule has 0 aromatic heterocycles. The molecule has 2 atom stereocenters. The molecule has 0 aliphatic carbocycles. The zero-order chi connectivity index (χ0) is 21.7. The summed E-state index contributed by atoms with van der Waals surface area (Å²) in [6, 6.07) is 10.6. The van der Waals surface area contributed by atoms with Crippen molar-refractivity contribution >= 4 is 79.4 Å². The van der Waals surface area contributed by atoms with Gasteiger partial charge in [-0.1, -0.05) is 24.3 Å². The zero-order valence-electron chi connectivity index (χ0n) is 15.2. The summed E-state index contributed by atoms with van der Waals surface area (Å²) in [5.74, 6) is -0.103. The van der Waals surface area contributed by atoms with Gasteiger partial charge in [-0.15, -0.1) is 0 Å². The van der Waals surface area contributed by atoms with Crippen LogP contribution in [0.25, 0.3) is 0 Å². The Labute approximate surface area is 225 Å². The van der Waals surface area contributed by atoms with Gasteiger partial charge >= 0.3 is 59.1 Å². The van der Waals surface area contributed by atoms with E-state index in [1.807, 2.05) is 0 Å². The summed E-state index contributed by atoms with van der Waals surface area (Å²) in [6.07, 6.45) is -0.196. The maximum atomic E-state index is 11.6. The Morgan fingerprint density at radius 3 is 1.19 bits per heavy atom. The fourth-order valence-corrected chi connectivity index (χ4v) is 4.63. The Balaban J connectivity index is 0.00000450. The van der Waals surface area contributed by atoms with Gasteiger partial charge in [0.2, 0.25) is 0 Å². The van der Waals surface area contributed by atoms with Crippen LogP contribution in [0, 0.1) is 0 Å². The van der Waals surface area contributed by atoms with Crippen LogP contribution in [0.3, 0.4) is 0 Å². The Morgan fingerprint density at radius 2 is 0.935 bits per heavy atom. The number of rotatable bonds is 10. The first-order valence-corrected chi connectivity index (χ1v) is 11.6. The van der Waals surface area contributed by atoms with Crippen molar-refractivity contribution in [1.82, 2.24) is 0 Å². The van der Waals surface area contributed by atoms with Crippen molar-refractivity contribution in [2.75, 3.05) is 13.2 Å². The van der Waals surface area contributed by atoms with Crippen molar-refractivity contribution in [3.05, 3.63) is 59.7 Å². The minimum atomic E-state index is -4.43. The van der Waals surface area contributed by atoms with Crippen LogP contribution in [-0.4, -0.2) is 108 Å². The third-order valence-electron chi connectivity index (χ3n) is 4.30. The second-order valence-corrected chi connectivity index (χ2v) is 9.58. The second kappa shape index (κ2) is 13.5. The predicted octanol–water partition coefficient (Wildman–Crippen LogP) is 1.16. The molecule has 13 heteroatoms. The molecule has 2 rings (SSSR count). The molecule has 2 aromatic rings. The first kappa shape index (κ1) is 30.8. The minimum absolute atomic E-state index is 0. The van der Waals surface area contributed by atoms with E-state index < -0.39 is 30.7 Å². The molecule has 4 N–H and O–H groups in total. The van der Waals surface area contributed by atoms with Crippen molar-refractivity contribution in [3.63, 3.8) is 0 Å². The first-order valence-electron chi connectivity index (χ1n) is 8.56. The fourth-order valence-electron chi connectivity index (χ4n) is 2.84. The Kier molecular flexibility index (Phi) is 13.4. The molecule has 0 spiro atoms. The molecule has 9 nitrogen and oxygen atoms in total. The average Bonchev–Trinajstić information content (AvgIpc) is 2.61. The summed E-state index contributed by atoms with van der Waals surface area (Å²) in [4.78, 5) is 0. The predicted molar refractivity (Wildman–Crippen MR) is 119 cm³/mol. The van der Waals surface area contributed by atoms with Gasteiger partial charge in [0.25, 0.3) is 20.2 Å². The van der Waals surface area contributed by atoms with Gasteiger partial charge in [-0.3, -0.25) is 9.11 Å². The van der Waals surface area contributed by atoms with E-state index in [1.165, 1.54) is 48.5 Å². The van der Waals surface area contributed by atoms with E-state index in [0.717, 1.165) is 0 Å². The van der Waals surface area contributed by atoms with Gasteiger partial charge in [0, 0.05) is 13.2 Å². The van der Waals surface area contributed by atoms with E-state index in [-0.39, 0.29) is 108 Å². The summed E-state index contributed by atoms with van der Waals surface area (Å²) >= 11 is 0. The zero-order valence-corrected chi connectivity index (χ0v) is 16.9. The van der Waals surface area contributed by atoms with Gasteiger partial charge in [-0.2, -0.15) is 16.8 Å². The van der Waals surface area contributed by atoms with E-state index in [9.17, 15) is 36.2 Å². The van der Waals surface area contributed by atoms with Gasteiger partial charge < -0.3 is 14.9 Å². The van der Waals surface area contributed by atoms with E-state index >= 15 is 0 Å². The van der Waals surface area contributed by atoms with Crippen molar-refractivity contribution in [3.8, 4) is 11.5 Å². The van der Waals surface area contributed by atoms with E-state index in [4.69, 9.17) is 4.74 Å². The molecule has 2 unspecified atom stereocenters. The molecule has 0 radical (unpaired) electrons. The Morgan fingerprint density at radius 1 is 0.645 bits per heavy atom. The van der Waals surface area contributed by atoms with Crippen molar-refractivity contribution in [2.45, 2.75) is 23.3 Å². The number of hydrogen-bond acceptors (Lipinski definition) is 7. The molecule has 2 aromatic carbocycles. The number of hydrogen-bond donors (Lipinski definition) is 4. The Hall–Kier alpha value is -0.180. The summed E-state index contributed by atoms with van der Waals surface area (Å²) < 4.78 is 70.8. The number of phenols is 2. The van der Waals surface area contributed by atoms with Crippen LogP contribution in [0.1, 0.15) is 34.5 Å². The summed E-state index contributed by atoms with van der Waals surface area (Å²) in [7, 11) is -8.85. The van der Waals surface area contributed by atoms with Crippen LogP contribution in [0.4, 0.5) is 0 Å². The van der Waals surface area contributed by atoms with Crippen molar-refractivity contribution < 1.29 is 40.9 Å². The molecule has 0 aliphatic heterocycles. The standard InChI is InChI=1S/C18H22O9S2.2Na.2H/c19-15-5-1-13(2-6-15)17(28(21,22)23)9-11-27-12-10-18(29(24,25)26)14-3-7-16(20)8-4-14;;;;/h1-8,17-20H,9-12H2,(H,21,22,23)(H,24,25,26);;;;. The average molecular weight is 494 g/mol. The van der Waals surface area contributed by atoms with Crippen LogP contribution >= 0.6 is 0 Å². The molecule has 0 amide bonds. The monoisotopic (exact) mass is 494 g/mol. The molecule has 0 fully saturated rings. The number of aromatic hydroxyl groups is 2. The van der Waals surface area contributed by atoms with E-state index in [1.54, 1.807) is 0 Å². The molecule has 0 bridgehead atoms. The maximum absolute atomic E-state index is 11.6. The molecular weight excluding hydrogens is 470 g/mol. The third kappa shape index (κ3) is 10.1. The first-order chi connectivity index (χ1) is 13.5. The van der Waals surface area contributed by atoms with Gasteiger partial charge in [-0.05, 0) is 48.2 Å².